The van der Waals surface area contributed by atoms with Crippen molar-refractivity contribution in [2.24, 2.45) is 0 Å². The Morgan fingerprint density at radius 2 is 2.10 bits per heavy atom. The van der Waals surface area contributed by atoms with Crippen molar-refractivity contribution in [1.82, 2.24) is 20.3 Å². The molecule has 0 atom stereocenters. The van der Waals surface area contributed by atoms with Gasteiger partial charge in [-0.2, -0.15) is 4.98 Å². The number of pyridine rings is 1. The molecule has 0 aliphatic heterocycles. The molecule has 2 aromatic heterocycles. The van der Waals surface area contributed by atoms with Gasteiger partial charge in [-0.15, -0.1) is 0 Å². The third-order valence-corrected chi connectivity index (χ3v) is 3.21. The Balaban J connectivity index is 1.86. The lowest BCUT2D eigenvalue weighted by Crippen LogP contribution is -2.08. The van der Waals surface area contributed by atoms with Crippen molar-refractivity contribution in [3.8, 4) is 11.8 Å². The molecule has 1 N–H and O–H groups in total. The van der Waals surface area contributed by atoms with E-state index in [-0.39, 0.29) is 0 Å². The number of nitrogens with one attached hydrogen (secondary N) is 1. The first-order valence-corrected chi connectivity index (χ1v) is 6.76. The minimum absolute atomic E-state index is 0.350. The first-order chi connectivity index (χ1) is 10.3. The monoisotopic (exact) mass is 280 g/mol. The molecule has 0 aliphatic rings. The Morgan fingerprint density at radius 1 is 1.19 bits per heavy atom. The molecule has 5 heteroatoms. The van der Waals surface area contributed by atoms with Gasteiger partial charge in [0, 0.05) is 41.6 Å². The number of hydrogen-bond donors (Lipinski definition) is 1. The van der Waals surface area contributed by atoms with Gasteiger partial charge in [0.15, 0.2) is 0 Å². The maximum Gasteiger partial charge on any atom is 0.322 e. The topological polar surface area (TPSA) is 59.9 Å². The predicted octanol–water partition coefficient (Wildman–Crippen LogP) is 2.84. The molecule has 0 saturated carbocycles. The van der Waals surface area contributed by atoms with Crippen LogP contribution in [0.2, 0.25) is 0 Å². The number of rotatable bonds is 4. The standard InChI is InChI=1S/C16H16N4O/c1-11-13(9-17-2)10-19-16(20-11)21-14-6-5-12-4-3-7-18-15(12)8-14/h3-8,10,17H,9H2,1-2H3. The second-order valence-electron chi connectivity index (χ2n) is 4.75. The summed E-state index contributed by atoms with van der Waals surface area (Å²) >= 11 is 0. The Labute approximate surface area is 123 Å². The van der Waals surface area contributed by atoms with Crippen LogP contribution in [0.5, 0.6) is 11.8 Å². The fourth-order valence-corrected chi connectivity index (χ4v) is 2.10. The molecule has 3 aromatic rings. The van der Waals surface area contributed by atoms with Gasteiger partial charge in [0.25, 0.3) is 0 Å². The van der Waals surface area contributed by atoms with E-state index in [1.807, 2.05) is 44.3 Å². The average Bonchev–Trinajstić information content (AvgIpc) is 2.50. The van der Waals surface area contributed by atoms with E-state index in [4.69, 9.17) is 4.74 Å². The lowest BCUT2D eigenvalue weighted by atomic mass is 10.2. The number of aromatic nitrogens is 3. The van der Waals surface area contributed by atoms with Crippen LogP contribution in [0, 0.1) is 6.92 Å². The molecule has 3 rings (SSSR count). The summed E-state index contributed by atoms with van der Waals surface area (Å²) < 4.78 is 5.72. The van der Waals surface area contributed by atoms with Crippen molar-refractivity contribution in [3.63, 3.8) is 0 Å². The number of fused-ring (bicyclic) bond motifs is 1. The van der Waals surface area contributed by atoms with Gasteiger partial charge in [0.2, 0.25) is 0 Å². The fraction of sp³-hybridized carbons (Fsp3) is 0.188. The van der Waals surface area contributed by atoms with Crippen molar-refractivity contribution in [1.29, 1.82) is 0 Å². The number of nitrogens with zero attached hydrogens (tertiary/aromatic N) is 3. The summed E-state index contributed by atoms with van der Waals surface area (Å²) in [6, 6.07) is 10.0. The minimum atomic E-state index is 0.350. The van der Waals surface area contributed by atoms with Gasteiger partial charge in [0.05, 0.1) is 5.52 Å². The highest BCUT2D eigenvalue weighted by molar-refractivity contribution is 5.79. The summed E-state index contributed by atoms with van der Waals surface area (Å²) in [5.74, 6) is 0.682. The lowest BCUT2D eigenvalue weighted by molar-refractivity contribution is 0.439. The lowest BCUT2D eigenvalue weighted by Gasteiger charge is -2.08. The van der Waals surface area contributed by atoms with Crippen LogP contribution in [-0.2, 0) is 6.54 Å². The van der Waals surface area contributed by atoms with Crippen LogP contribution in [0.15, 0.2) is 42.7 Å². The minimum Gasteiger partial charge on any atom is -0.424 e. The van der Waals surface area contributed by atoms with Gasteiger partial charge in [-0.1, -0.05) is 6.07 Å². The number of ether oxygens (including phenoxy) is 1. The van der Waals surface area contributed by atoms with Crippen molar-refractivity contribution in [2.75, 3.05) is 7.05 Å². The molecule has 21 heavy (non-hydrogen) atoms. The van der Waals surface area contributed by atoms with Crippen molar-refractivity contribution < 1.29 is 4.74 Å². The maximum atomic E-state index is 5.72. The third kappa shape index (κ3) is 2.98. The molecule has 0 spiro atoms. The van der Waals surface area contributed by atoms with Crippen LogP contribution in [0.4, 0.5) is 0 Å². The zero-order valence-corrected chi connectivity index (χ0v) is 12.0. The first kappa shape index (κ1) is 13.5. The molecule has 0 aliphatic carbocycles. The van der Waals surface area contributed by atoms with Crippen molar-refractivity contribution >= 4 is 10.9 Å². The molecule has 5 nitrogen and oxygen atoms in total. The third-order valence-electron chi connectivity index (χ3n) is 3.21. The molecule has 2 heterocycles. The van der Waals surface area contributed by atoms with E-state index in [9.17, 15) is 0 Å². The van der Waals surface area contributed by atoms with Crippen LogP contribution in [0.3, 0.4) is 0 Å². The summed E-state index contributed by atoms with van der Waals surface area (Å²) in [4.78, 5) is 12.9. The van der Waals surface area contributed by atoms with Gasteiger partial charge in [0.1, 0.15) is 5.75 Å². The molecule has 106 valence electrons. The molecular weight excluding hydrogens is 264 g/mol. The zero-order chi connectivity index (χ0) is 14.7. The van der Waals surface area contributed by atoms with Crippen molar-refractivity contribution in [2.45, 2.75) is 13.5 Å². The number of benzene rings is 1. The van der Waals surface area contributed by atoms with E-state index in [0.29, 0.717) is 11.8 Å². The molecule has 0 bridgehead atoms. The van der Waals surface area contributed by atoms with E-state index in [1.54, 1.807) is 12.4 Å². The average molecular weight is 280 g/mol. The Kier molecular flexibility index (Phi) is 3.75. The van der Waals surface area contributed by atoms with Gasteiger partial charge in [-0.3, -0.25) is 4.98 Å². The summed E-state index contributed by atoms with van der Waals surface area (Å²) in [5.41, 5.74) is 2.86. The van der Waals surface area contributed by atoms with E-state index >= 15 is 0 Å². The zero-order valence-electron chi connectivity index (χ0n) is 12.0. The van der Waals surface area contributed by atoms with E-state index < -0.39 is 0 Å². The van der Waals surface area contributed by atoms with Gasteiger partial charge < -0.3 is 10.1 Å². The first-order valence-electron chi connectivity index (χ1n) is 6.76. The number of hydrogen-bond acceptors (Lipinski definition) is 5. The summed E-state index contributed by atoms with van der Waals surface area (Å²) in [6.07, 6.45) is 3.55. The molecular formula is C16H16N4O. The second-order valence-corrected chi connectivity index (χ2v) is 4.75. The molecule has 0 fully saturated rings. The van der Waals surface area contributed by atoms with Crippen LogP contribution >= 0.6 is 0 Å². The van der Waals surface area contributed by atoms with Gasteiger partial charge in [-0.25, -0.2) is 4.98 Å². The maximum absolute atomic E-state index is 5.72. The predicted molar refractivity (Wildman–Crippen MR) is 81.3 cm³/mol. The molecule has 1 aromatic carbocycles. The van der Waals surface area contributed by atoms with Gasteiger partial charge >= 0.3 is 6.01 Å². The summed E-state index contributed by atoms with van der Waals surface area (Å²) in [5, 5.41) is 4.16. The molecule has 0 unspecified atom stereocenters. The smallest absolute Gasteiger partial charge is 0.322 e. The molecule has 0 amide bonds. The normalized spacial score (nSPS) is 10.8. The van der Waals surface area contributed by atoms with E-state index in [1.165, 1.54) is 0 Å². The van der Waals surface area contributed by atoms with E-state index in [0.717, 1.165) is 28.7 Å². The Morgan fingerprint density at radius 3 is 2.90 bits per heavy atom. The highest BCUT2D eigenvalue weighted by atomic mass is 16.5. The van der Waals surface area contributed by atoms with Crippen molar-refractivity contribution in [3.05, 3.63) is 54.0 Å². The Bertz CT molecular complexity index is 773. The van der Waals surface area contributed by atoms with Gasteiger partial charge in [-0.05, 0) is 32.2 Å². The highest BCUT2D eigenvalue weighted by Gasteiger charge is 2.06. The summed E-state index contributed by atoms with van der Waals surface area (Å²) in [7, 11) is 1.89. The fourth-order valence-electron chi connectivity index (χ4n) is 2.10. The highest BCUT2D eigenvalue weighted by Crippen LogP contribution is 2.22. The second kappa shape index (κ2) is 5.85. The molecule has 0 saturated heterocycles. The largest absolute Gasteiger partial charge is 0.424 e. The number of aryl methyl sites for hydroxylation is 1. The SMILES string of the molecule is CNCc1cnc(Oc2ccc3cccnc3c2)nc1C. The van der Waals surface area contributed by atoms with Crippen LogP contribution in [0.1, 0.15) is 11.3 Å². The quantitative estimate of drug-likeness (QED) is 0.796. The summed E-state index contributed by atoms with van der Waals surface area (Å²) in [6.45, 7) is 2.69. The Hall–Kier alpha value is -2.53. The van der Waals surface area contributed by atoms with Crippen LogP contribution < -0.4 is 10.1 Å². The van der Waals surface area contributed by atoms with E-state index in [2.05, 4.69) is 20.3 Å². The molecule has 0 radical (unpaired) electrons. The van der Waals surface area contributed by atoms with Crippen LogP contribution in [-0.4, -0.2) is 22.0 Å². The van der Waals surface area contributed by atoms with Crippen LogP contribution in [0.25, 0.3) is 10.9 Å².